The fourth-order valence-corrected chi connectivity index (χ4v) is 5.35. The lowest BCUT2D eigenvalue weighted by atomic mass is 10.0. The lowest BCUT2D eigenvalue weighted by Crippen LogP contribution is -2.51. The summed E-state index contributed by atoms with van der Waals surface area (Å²) >= 11 is 0. The van der Waals surface area contributed by atoms with E-state index in [-0.39, 0.29) is 17.6 Å². The molecule has 0 bridgehead atoms. The maximum atomic E-state index is 13.7. The molecule has 1 N–H and O–H groups in total. The van der Waals surface area contributed by atoms with Crippen molar-refractivity contribution in [1.29, 1.82) is 0 Å². The zero-order valence-corrected chi connectivity index (χ0v) is 24.6. The summed E-state index contributed by atoms with van der Waals surface area (Å²) < 4.78 is 13.8. The van der Waals surface area contributed by atoms with E-state index in [0.29, 0.717) is 18.0 Å². The number of piperazine rings is 1. The summed E-state index contributed by atoms with van der Waals surface area (Å²) in [7, 11) is 3.22. The Morgan fingerprint density at radius 3 is 2.21 bits per heavy atom. The summed E-state index contributed by atoms with van der Waals surface area (Å²) in [5.41, 5.74) is 3.55. The van der Waals surface area contributed by atoms with E-state index in [1.165, 1.54) is 4.68 Å². The Morgan fingerprint density at radius 2 is 1.60 bits per heavy atom. The number of carbonyl (C=O) groups excluding carboxylic acids is 1. The number of hydrogen-bond acceptors (Lipinski definition) is 7. The van der Waals surface area contributed by atoms with Crippen molar-refractivity contribution in [3.8, 4) is 17.2 Å². The first kappa shape index (κ1) is 28.9. The predicted octanol–water partition coefficient (Wildman–Crippen LogP) is 3.81. The number of hydrogen-bond donors (Lipinski definition) is 1. The van der Waals surface area contributed by atoms with E-state index >= 15 is 0 Å². The van der Waals surface area contributed by atoms with Gasteiger partial charge in [0.1, 0.15) is 23.9 Å². The number of benzene rings is 3. The number of amides is 1. The Bertz CT molecular complexity index is 1540. The number of ether oxygens (including phenoxy) is 2. The summed E-state index contributed by atoms with van der Waals surface area (Å²) in [5.74, 6) is 1.32. The zero-order valence-electron chi connectivity index (χ0n) is 24.6. The quantitative estimate of drug-likeness (QED) is 0.310. The molecule has 2 heterocycles. The molecule has 0 saturated carbocycles. The number of methoxy groups -OCH3 is 2. The highest BCUT2D eigenvalue weighted by Gasteiger charge is 2.30. The van der Waals surface area contributed by atoms with E-state index in [2.05, 4.69) is 20.2 Å². The minimum Gasteiger partial charge on any atom is -0.497 e. The van der Waals surface area contributed by atoms with Gasteiger partial charge in [0.25, 0.3) is 0 Å². The van der Waals surface area contributed by atoms with E-state index in [0.717, 1.165) is 48.7 Å². The van der Waals surface area contributed by atoms with Gasteiger partial charge in [-0.3, -0.25) is 9.69 Å². The molecule has 1 aliphatic rings. The number of rotatable bonds is 10. The molecular formula is C32H38N6O4. The molecule has 1 aromatic heterocycles. The monoisotopic (exact) mass is 570 g/mol. The molecule has 1 unspecified atom stereocenters. The van der Waals surface area contributed by atoms with E-state index < -0.39 is 6.04 Å². The highest BCUT2D eigenvalue weighted by atomic mass is 16.5. The largest absolute Gasteiger partial charge is 0.497 e. The van der Waals surface area contributed by atoms with Crippen molar-refractivity contribution >= 4 is 11.6 Å². The molecule has 10 nitrogen and oxygen atoms in total. The Hall–Kier alpha value is -4.57. The van der Waals surface area contributed by atoms with Crippen LogP contribution in [-0.4, -0.2) is 65.6 Å². The Balaban J connectivity index is 1.26. The van der Waals surface area contributed by atoms with Crippen molar-refractivity contribution in [2.24, 2.45) is 0 Å². The number of anilines is 1. The van der Waals surface area contributed by atoms with Crippen LogP contribution in [0.25, 0.3) is 5.69 Å². The molecule has 220 valence electrons. The van der Waals surface area contributed by atoms with Crippen LogP contribution in [-0.2, 0) is 11.3 Å². The van der Waals surface area contributed by atoms with Gasteiger partial charge in [0.15, 0.2) is 0 Å². The third-order valence-electron chi connectivity index (χ3n) is 7.67. The first-order chi connectivity index (χ1) is 20.4. The van der Waals surface area contributed by atoms with Crippen LogP contribution < -0.4 is 25.4 Å². The van der Waals surface area contributed by atoms with Gasteiger partial charge in [-0.15, -0.1) is 0 Å². The van der Waals surface area contributed by atoms with Gasteiger partial charge in [0.2, 0.25) is 5.91 Å². The average Bonchev–Trinajstić information content (AvgIpc) is 3.42. The maximum absolute atomic E-state index is 13.7. The third kappa shape index (κ3) is 6.18. The fraction of sp³-hybridized carbons (Fsp3) is 0.344. The minimum absolute atomic E-state index is 0.00128. The Labute approximate surface area is 246 Å². The van der Waals surface area contributed by atoms with Gasteiger partial charge in [-0.2, -0.15) is 5.10 Å². The van der Waals surface area contributed by atoms with Crippen LogP contribution in [0, 0.1) is 0 Å². The third-order valence-corrected chi connectivity index (χ3v) is 7.67. The fourth-order valence-electron chi connectivity index (χ4n) is 5.35. The first-order valence-corrected chi connectivity index (χ1v) is 14.2. The molecule has 1 aliphatic heterocycles. The van der Waals surface area contributed by atoms with Gasteiger partial charge in [-0.25, -0.2) is 14.0 Å². The summed E-state index contributed by atoms with van der Waals surface area (Å²) in [6, 6.07) is 23.1. The topological polar surface area (TPSA) is 93.9 Å². The van der Waals surface area contributed by atoms with Gasteiger partial charge in [-0.1, -0.05) is 30.3 Å². The van der Waals surface area contributed by atoms with Crippen molar-refractivity contribution in [1.82, 2.24) is 24.6 Å². The molecule has 0 radical (unpaired) electrons. The van der Waals surface area contributed by atoms with Crippen LogP contribution in [0.5, 0.6) is 11.5 Å². The minimum atomic E-state index is -0.413. The molecule has 5 rings (SSSR count). The smallest absolute Gasteiger partial charge is 0.350 e. The molecule has 42 heavy (non-hydrogen) atoms. The van der Waals surface area contributed by atoms with Gasteiger partial charge >= 0.3 is 5.69 Å². The first-order valence-electron chi connectivity index (χ1n) is 14.2. The Morgan fingerprint density at radius 1 is 0.905 bits per heavy atom. The predicted molar refractivity (Wildman–Crippen MR) is 163 cm³/mol. The molecule has 0 aliphatic carbocycles. The van der Waals surface area contributed by atoms with Crippen LogP contribution in [0.15, 0.2) is 83.9 Å². The molecule has 1 saturated heterocycles. The van der Waals surface area contributed by atoms with Crippen LogP contribution >= 0.6 is 0 Å². The second-order valence-corrected chi connectivity index (χ2v) is 10.6. The molecule has 4 aromatic rings. The van der Waals surface area contributed by atoms with Crippen molar-refractivity contribution in [2.45, 2.75) is 32.5 Å². The van der Waals surface area contributed by atoms with Crippen LogP contribution in [0.3, 0.4) is 0 Å². The lowest BCUT2D eigenvalue weighted by Gasteiger charge is -2.39. The van der Waals surface area contributed by atoms with Crippen molar-refractivity contribution in [3.05, 3.63) is 101 Å². The molecule has 3 aromatic carbocycles. The van der Waals surface area contributed by atoms with Crippen molar-refractivity contribution in [3.63, 3.8) is 0 Å². The summed E-state index contributed by atoms with van der Waals surface area (Å²) in [6.45, 7) is 7.21. The molecule has 0 spiro atoms. The van der Waals surface area contributed by atoms with Gasteiger partial charge in [0, 0.05) is 50.0 Å². The van der Waals surface area contributed by atoms with Crippen molar-refractivity contribution < 1.29 is 14.3 Å². The van der Waals surface area contributed by atoms with E-state index in [9.17, 15) is 9.59 Å². The van der Waals surface area contributed by atoms with Crippen LogP contribution in [0.1, 0.15) is 37.1 Å². The lowest BCUT2D eigenvalue weighted by molar-refractivity contribution is -0.127. The Kier molecular flexibility index (Phi) is 8.92. The maximum Gasteiger partial charge on any atom is 0.350 e. The van der Waals surface area contributed by atoms with Gasteiger partial charge in [-0.05, 0) is 55.8 Å². The molecule has 1 atom stereocenters. The number of aromatic nitrogens is 3. The molecule has 10 heteroatoms. The van der Waals surface area contributed by atoms with Gasteiger partial charge < -0.3 is 19.7 Å². The summed E-state index contributed by atoms with van der Waals surface area (Å²) in [5, 5.41) is 7.36. The summed E-state index contributed by atoms with van der Waals surface area (Å²) in [6.07, 6.45) is 1.57. The van der Waals surface area contributed by atoms with Crippen LogP contribution in [0.4, 0.5) is 5.69 Å². The number of carbonyl (C=O) groups is 1. The highest BCUT2D eigenvalue weighted by Crippen LogP contribution is 2.27. The van der Waals surface area contributed by atoms with Crippen molar-refractivity contribution in [2.75, 3.05) is 45.3 Å². The summed E-state index contributed by atoms with van der Waals surface area (Å²) in [4.78, 5) is 30.9. The highest BCUT2D eigenvalue weighted by molar-refractivity contribution is 5.83. The second kappa shape index (κ2) is 12.9. The number of nitrogens with one attached hydrogen (secondary N) is 1. The van der Waals surface area contributed by atoms with E-state index in [1.807, 2.05) is 86.6 Å². The second-order valence-electron chi connectivity index (χ2n) is 10.6. The SMILES string of the molecule is COc1ccc(CNC(=O)C(c2ccccc2)N2CCN(c3ccc(-n4cnn(C(C)C)c4=O)cc3)CC2)c(OC)c1. The molecule has 1 amide bonds. The number of nitrogens with zero attached hydrogens (tertiary/aromatic N) is 5. The normalized spacial score (nSPS) is 14.5. The van der Waals surface area contributed by atoms with E-state index in [1.54, 1.807) is 25.1 Å². The standard InChI is InChI=1S/C32H38N6O4/c1-23(2)38-32(40)37(22-34-38)27-13-11-26(12-14-27)35-16-18-36(19-17-35)30(24-8-6-5-7-9-24)31(39)33-21-25-10-15-28(41-3)20-29(25)42-4/h5-15,20,22-23,30H,16-19,21H2,1-4H3,(H,33,39). The average molecular weight is 571 g/mol. The zero-order chi connectivity index (χ0) is 29.6. The molecular weight excluding hydrogens is 532 g/mol. The van der Waals surface area contributed by atoms with E-state index in [4.69, 9.17) is 9.47 Å². The van der Waals surface area contributed by atoms with Gasteiger partial charge in [0.05, 0.1) is 25.9 Å². The molecule has 1 fully saturated rings. The van der Waals surface area contributed by atoms with Crippen LogP contribution in [0.2, 0.25) is 0 Å².